The van der Waals surface area contributed by atoms with Crippen molar-refractivity contribution in [3.63, 3.8) is 0 Å². The van der Waals surface area contributed by atoms with E-state index in [-0.39, 0.29) is 12.1 Å². The van der Waals surface area contributed by atoms with Crippen molar-refractivity contribution in [3.05, 3.63) is 41.8 Å². The van der Waals surface area contributed by atoms with E-state index in [1.54, 1.807) is 0 Å². The molecule has 0 aliphatic rings. The summed E-state index contributed by atoms with van der Waals surface area (Å²) in [6.45, 7) is 4.03. The van der Waals surface area contributed by atoms with Gasteiger partial charge in [-0.2, -0.15) is 0 Å². The number of nitrogens with zero attached hydrogens (tertiary/aromatic N) is 2. The third-order valence-electron chi connectivity index (χ3n) is 2.88. The Kier molecular flexibility index (Phi) is 3.94. The summed E-state index contributed by atoms with van der Waals surface area (Å²) < 4.78 is 5.53. The van der Waals surface area contributed by atoms with Crippen molar-refractivity contribution in [2.45, 2.75) is 25.9 Å². The molecule has 0 saturated carbocycles. The highest BCUT2D eigenvalue weighted by Crippen LogP contribution is 2.19. The first-order valence-corrected chi connectivity index (χ1v) is 6.03. The van der Waals surface area contributed by atoms with E-state index < -0.39 is 0 Å². The van der Waals surface area contributed by atoms with Gasteiger partial charge in [-0.3, -0.25) is 0 Å². The fourth-order valence-electron chi connectivity index (χ4n) is 1.60. The van der Waals surface area contributed by atoms with Crippen LogP contribution in [0.3, 0.4) is 0 Å². The highest BCUT2D eigenvalue weighted by atomic mass is 16.4. The second-order valence-electron chi connectivity index (χ2n) is 4.23. The smallest absolute Gasteiger partial charge is 0.315 e. The first-order valence-electron chi connectivity index (χ1n) is 6.03. The van der Waals surface area contributed by atoms with E-state index in [0.717, 1.165) is 0 Å². The van der Waals surface area contributed by atoms with Crippen LogP contribution in [-0.4, -0.2) is 17.2 Å². The molecule has 2 N–H and O–H groups in total. The summed E-state index contributed by atoms with van der Waals surface area (Å²) >= 11 is 0. The Balaban J connectivity index is 2.03. The number of nitrogens with one attached hydrogen (secondary N) is 2. The monoisotopic (exact) mass is 246 g/mol. The Hall–Kier alpha value is -1.88. The van der Waals surface area contributed by atoms with Gasteiger partial charge in [0, 0.05) is 0 Å². The maximum Gasteiger partial charge on any atom is 0.315 e. The molecule has 0 aliphatic carbocycles. The van der Waals surface area contributed by atoms with Gasteiger partial charge in [0.15, 0.2) is 0 Å². The highest BCUT2D eigenvalue weighted by molar-refractivity contribution is 5.28. The summed E-state index contributed by atoms with van der Waals surface area (Å²) in [5, 5.41) is 14.2. The molecule has 5 nitrogen and oxygen atoms in total. The van der Waals surface area contributed by atoms with Gasteiger partial charge in [0.05, 0.1) is 12.1 Å². The quantitative estimate of drug-likeness (QED) is 0.848. The van der Waals surface area contributed by atoms with Crippen molar-refractivity contribution in [1.29, 1.82) is 0 Å². The minimum atomic E-state index is 0.0556. The SMILES string of the molecule is CNC(C)c1nnc(NC(C)c2ccccc2)o1. The van der Waals surface area contributed by atoms with Crippen LogP contribution in [0, 0.1) is 0 Å². The standard InChI is InChI=1S/C13H18N4O/c1-9(11-7-5-4-6-8-11)15-13-17-16-12(18-13)10(2)14-3/h4-10,14H,1-3H3,(H,15,17). The number of rotatable bonds is 5. The lowest BCUT2D eigenvalue weighted by Crippen LogP contribution is -2.12. The summed E-state index contributed by atoms with van der Waals surface area (Å²) in [7, 11) is 1.86. The maximum atomic E-state index is 5.53. The van der Waals surface area contributed by atoms with E-state index in [4.69, 9.17) is 4.42 Å². The Morgan fingerprint density at radius 3 is 2.44 bits per heavy atom. The Labute approximate surface area is 107 Å². The zero-order chi connectivity index (χ0) is 13.0. The minimum absolute atomic E-state index is 0.0556. The number of aromatic nitrogens is 2. The number of anilines is 1. The van der Waals surface area contributed by atoms with E-state index in [0.29, 0.717) is 11.9 Å². The van der Waals surface area contributed by atoms with Crippen LogP contribution in [0.2, 0.25) is 0 Å². The van der Waals surface area contributed by atoms with E-state index >= 15 is 0 Å². The molecule has 1 aromatic carbocycles. The molecular weight excluding hydrogens is 228 g/mol. The van der Waals surface area contributed by atoms with E-state index in [9.17, 15) is 0 Å². The van der Waals surface area contributed by atoms with E-state index in [1.165, 1.54) is 5.56 Å². The third-order valence-corrected chi connectivity index (χ3v) is 2.88. The molecule has 0 saturated heterocycles. The molecule has 96 valence electrons. The fraction of sp³-hybridized carbons (Fsp3) is 0.385. The van der Waals surface area contributed by atoms with Gasteiger partial charge in [-0.1, -0.05) is 35.4 Å². The molecule has 1 heterocycles. The van der Waals surface area contributed by atoms with Crippen LogP contribution in [0.15, 0.2) is 34.7 Å². The molecule has 1 aromatic heterocycles. The molecule has 2 rings (SSSR count). The van der Waals surface area contributed by atoms with Gasteiger partial charge in [-0.25, -0.2) is 0 Å². The van der Waals surface area contributed by atoms with Crippen LogP contribution < -0.4 is 10.6 Å². The molecule has 5 heteroatoms. The lowest BCUT2D eigenvalue weighted by atomic mass is 10.1. The molecule has 0 amide bonds. The van der Waals surface area contributed by atoms with Gasteiger partial charge in [-0.15, -0.1) is 5.10 Å². The average Bonchev–Trinajstić information content (AvgIpc) is 2.87. The molecule has 0 bridgehead atoms. The summed E-state index contributed by atoms with van der Waals surface area (Å²) in [5.74, 6) is 0.584. The van der Waals surface area contributed by atoms with Crippen LogP contribution in [0.4, 0.5) is 6.01 Å². The van der Waals surface area contributed by atoms with Crippen molar-refractivity contribution in [2.75, 3.05) is 12.4 Å². The zero-order valence-corrected chi connectivity index (χ0v) is 10.8. The minimum Gasteiger partial charge on any atom is -0.406 e. The van der Waals surface area contributed by atoms with Crippen LogP contribution in [-0.2, 0) is 0 Å². The van der Waals surface area contributed by atoms with Crippen LogP contribution in [0.5, 0.6) is 0 Å². The van der Waals surface area contributed by atoms with Crippen molar-refractivity contribution in [2.24, 2.45) is 0 Å². The fourth-order valence-corrected chi connectivity index (χ4v) is 1.60. The summed E-state index contributed by atoms with van der Waals surface area (Å²) in [6, 6.07) is 10.8. The third kappa shape index (κ3) is 2.87. The predicted octanol–water partition coefficient (Wildman–Crippen LogP) is 2.52. The lowest BCUT2D eigenvalue weighted by Gasteiger charge is -2.11. The highest BCUT2D eigenvalue weighted by Gasteiger charge is 2.13. The summed E-state index contributed by atoms with van der Waals surface area (Å²) in [5.41, 5.74) is 1.18. The second-order valence-corrected chi connectivity index (χ2v) is 4.23. The second kappa shape index (κ2) is 5.64. The topological polar surface area (TPSA) is 63.0 Å². The lowest BCUT2D eigenvalue weighted by molar-refractivity contribution is 0.439. The molecule has 0 fully saturated rings. The van der Waals surface area contributed by atoms with Gasteiger partial charge in [-0.05, 0) is 26.5 Å². The van der Waals surface area contributed by atoms with Crippen molar-refractivity contribution >= 4 is 6.01 Å². The molecule has 2 unspecified atom stereocenters. The van der Waals surface area contributed by atoms with Crippen molar-refractivity contribution in [3.8, 4) is 0 Å². The number of hydrogen-bond acceptors (Lipinski definition) is 5. The average molecular weight is 246 g/mol. The maximum absolute atomic E-state index is 5.53. The van der Waals surface area contributed by atoms with Crippen LogP contribution >= 0.6 is 0 Å². The van der Waals surface area contributed by atoms with Gasteiger partial charge >= 0.3 is 6.01 Å². The Bertz CT molecular complexity index is 483. The van der Waals surface area contributed by atoms with Gasteiger partial charge in [0.1, 0.15) is 0 Å². The summed E-state index contributed by atoms with van der Waals surface area (Å²) in [4.78, 5) is 0. The van der Waals surface area contributed by atoms with Crippen molar-refractivity contribution < 1.29 is 4.42 Å². The molecule has 0 radical (unpaired) electrons. The van der Waals surface area contributed by atoms with Crippen LogP contribution in [0.1, 0.15) is 37.4 Å². The molecule has 18 heavy (non-hydrogen) atoms. The van der Waals surface area contributed by atoms with Crippen LogP contribution in [0.25, 0.3) is 0 Å². The first kappa shape index (κ1) is 12.6. The molecule has 2 atom stereocenters. The van der Waals surface area contributed by atoms with Gasteiger partial charge < -0.3 is 15.1 Å². The van der Waals surface area contributed by atoms with E-state index in [1.807, 2.05) is 32.2 Å². The molecule has 0 aliphatic heterocycles. The molecular formula is C13H18N4O. The first-order chi connectivity index (χ1) is 8.70. The largest absolute Gasteiger partial charge is 0.406 e. The zero-order valence-electron chi connectivity index (χ0n) is 10.8. The normalized spacial score (nSPS) is 14.2. The Morgan fingerprint density at radius 1 is 1.06 bits per heavy atom. The predicted molar refractivity (Wildman–Crippen MR) is 70.3 cm³/mol. The molecule has 2 aromatic rings. The Morgan fingerprint density at radius 2 is 1.78 bits per heavy atom. The van der Waals surface area contributed by atoms with Gasteiger partial charge in [0.25, 0.3) is 0 Å². The summed E-state index contributed by atoms with van der Waals surface area (Å²) in [6.07, 6.45) is 0. The molecule has 0 spiro atoms. The van der Waals surface area contributed by atoms with E-state index in [2.05, 4.69) is 39.9 Å². The van der Waals surface area contributed by atoms with Crippen molar-refractivity contribution in [1.82, 2.24) is 15.5 Å². The number of hydrogen-bond donors (Lipinski definition) is 2. The number of benzene rings is 1. The van der Waals surface area contributed by atoms with Gasteiger partial charge in [0.2, 0.25) is 5.89 Å².